The number of aromatic nitrogens is 3. The van der Waals surface area contributed by atoms with E-state index in [1.165, 1.54) is 6.20 Å². The molecule has 9 nitrogen and oxygen atoms in total. The highest BCUT2D eigenvalue weighted by Gasteiger charge is 2.20. The summed E-state index contributed by atoms with van der Waals surface area (Å²) >= 11 is 7.34. The zero-order chi connectivity index (χ0) is 26.5. The Hall–Kier alpha value is -3.60. The number of anilines is 1. The van der Waals surface area contributed by atoms with Gasteiger partial charge in [0, 0.05) is 39.8 Å². The lowest BCUT2D eigenvalue weighted by atomic mass is 9.98. The van der Waals surface area contributed by atoms with Gasteiger partial charge in [-0.3, -0.25) is 20.1 Å². The number of halogens is 1. The molecular weight excluding hydrogens is 514 g/mol. The molecule has 1 amide bonds. The molecule has 3 heterocycles. The van der Waals surface area contributed by atoms with Gasteiger partial charge in [0.15, 0.2) is 0 Å². The Balaban J connectivity index is 1.50. The van der Waals surface area contributed by atoms with Crippen molar-refractivity contribution in [3.05, 3.63) is 69.7 Å². The Labute approximate surface area is 223 Å². The van der Waals surface area contributed by atoms with Crippen molar-refractivity contribution in [2.75, 3.05) is 25.6 Å². The van der Waals surface area contributed by atoms with Crippen molar-refractivity contribution in [1.29, 1.82) is 0 Å². The van der Waals surface area contributed by atoms with Crippen LogP contribution in [0.4, 0.5) is 5.13 Å². The van der Waals surface area contributed by atoms with Crippen molar-refractivity contribution in [1.82, 2.24) is 15.2 Å². The molecule has 0 fully saturated rings. The van der Waals surface area contributed by atoms with E-state index in [0.29, 0.717) is 38.4 Å². The lowest BCUT2D eigenvalue weighted by molar-refractivity contribution is 0.102. The molecule has 2 N–H and O–H groups in total. The molecule has 0 saturated heterocycles. The third kappa shape index (κ3) is 6.22. The molecule has 192 valence electrons. The molecule has 0 radical (unpaired) electrons. The molecule has 4 rings (SSSR count). The number of aryl methyl sites for hydroxylation is 1. The summed E-state index contributed by atoms with van der Waals surface area (Å²) in [6, 6.07) is 7.03. The minimum Gasteiger partial charge on any atom is -0.496 e. The van der Waals surface area contributed by atoms with Crippen LogP contribution in [0.5, 0.6) is 10.9 Å². The minimum atomic E-state index is -0.405. The summed E-state index contributed by atoms with van der Waals surface area (Å²) in [5.41, 5.74) is 4.96. The Bertz CT molecular complexity index is 1420. The number of amides is 1. The number of hydrogen-bond acceptors (Lipinski definition) is 9. The smallest absolute Gasteiger partial charge is 0.296 e. The number of hydrogen-bond donors (Lipinski definition) is 2. The van der Waals surface area contributed by atoms with Crippen LogP contribution in [-0.2, 0) is 0 Å². The van der Waals surface area contributed by atoms with E-state index in [1.807, 2.05) is 26.8 Å². The van der Waals surface area contributed by atoms with E-state index in [-0.39, 0.29) is 24.3 Å². The minimum absolute atomic E-state index is 0.114. The maximum Gasteiger partial charge on any atom is 0.296 e. The maximum atomic E-state index is 13.2. The first kappa shape index (κ1) is 26.5. The molecule has 0 aliphatic carbocycles. The van der Waals surface area contributed by atoms with Gasteiger partial charge in [0.2, 0.25) is 5.13 Å². The van der Waals surface area contributed by atoms with Crippen LogP contribution in [0.25, 0.3) is 11.1 Å². The fourth-order valence-electron chi connectivity index (χ4n) is 3.73. The first-order chi connectivity index (χ1) is 17.8. The zero-order valence-corrected chi connectivity index (χ0v) is 22.4. The molecule has 1 atom stereocenters. The zero-order valence-electron chi connectivity index (χ0n) is 20.8. The predicted molar refractivity (Wildman–Crippen MR) is 145 cm³/mol. The van der Waals surface area contributed by atoms with E-state index >= 15 is 0 Å². The van der Waals surface area contributed by atoms with Gasteiger partial charge in [-0.25, -0.2) is 0 Å². The standard InChI is InChI=1S/C26H26ClN5O4S/c1-14-7-19(12-33)29-10-17(16(14)3)13-36-26-32-31-25(37-26)30-24(34)22-11-28-15(2)8-20(22)21-9-18(27)5-6-23(21)35-4/h5-11,14,33H,12-13H2,1-4H3,(H,30,31,34). The summed E-state index contributed by atoms with van der Waals surface area (Å²) in [4.78, 5) is 21.8. The highest BCUT2D eigenvalue weighted by Crippen LogP contribution is 2.35. The highest BCUT2D eigenvalue weighted by atomic mass is 35.5. The van der Waals surface area contributed by atoms with E-state index < -0.39 is 5.91 Å². The average molecular weight is 540 g/mol. The number of pyridine rings is 1. The van der Waals surface area contributed by atoms with Gasteiger partial charge >= 0.3 is 0 Å². The quantitative estimate of drug-likeness (QED) is 0.408. The van der Waals surface area contributed by atoms with Gasteiger partial charge in [0.25, 0.3) is 11.1 Å². The van der Waals surface area contributed by atoms with Crippen LogP contribution in [0.15, 0.2) is 58.4 Å². The molecule has 11 heteroatoms. The second-order valence-electron chi connectivity index (χ2n) is 8.40. The Kier molecular flexibility index (Phi) is 8.32. The average Bonchev–Trinajstić information content (AvgIpc) is 3.28. The van der Waals surface area contributed by atoms with Crippen LogP contribution in [-0.4, -0.2) is 52.7 Å². The number of ether oxygens (including phenoxy) is 2. The van der Waals surface area contributed by atoms with Crippen molar-refractivity contribution < 1.29 is 19.4 Å². The normalized spacial score (nSPS) is 15.3. The summed E-state index contributed by atoms with van der Waals surface area (Å²) in [6.07, 6.45) is 5.13. The number of aliphatic hydroxyl groups excluding tert-OH is 1. The molecule has 1 aliphatic rings. The van der Waals surface area contributed by atoms with Crippen molar-refractivity contribution in [2.24, 2.45) is 10.9 Å². The molecule has 2 aromatic heterocycles. The van der Waals surface area contributed by atoms with E-state index in [4.69, 9.17) is 21.1 Å². The first-order valence-corrected chi connectivity index (χ1v) is 12.6. The summed E-state index contributed by atoms with van der Waals surface area (Å²) in [6.45, 7) is 5.99. The van der Waals surface area contributed by atoms with Gasteiger partial charge in [-0.15, -0.1) is 5.10 Å². The number of benzene rings is 1. The van der Waals surface area contributed by atoms with Crippen molar-refractivity contribution in [3.8, 4) is 22.1 Å². The molecule has 3 aromatic rings. The number of carbonyl (C=O) groups excluding carboxylic acids is 1. The second kappa shape index (κ2) is 11.6. The third-order valence-electron chi connectivity index (χ3n) is 5.90. The Morgan fingerprint density at radius 1 is 1.22 bits per heavy atom. The van der Waals surface area contributed by atoms with Gasteiger partial charge in [0.05, 0.1) is 25.0 Å². The number of aliphatic imine (C=N–C) groups is 1. The van der Waals surface area contributed by atoms with Crippen LogP contribution < -0.4 is 14.8 Å². The summed E-state index contributed by atoms with van der Waals surface area (Å²) < 4.78 is 11.3. The first-order valence-electron chi connectivity index (χ1n) is 11.4. The molecule has 1 unspecified atom stereocenters. The Morgan fingerprint density at radius 3 is 2.78 bits per heavy atom. The molecule has 0 spiro atoms. The van der Waals surface area contributed by atoms with E-state index in [0.717, 1.165) is 28.2 Å². The largest absolute Gasteiger partial charge is 0.496 e. The van der Waals surface area contributed by atoms with Gasteiger partial charge in [-0.1, -0.05) is 35.3 Å². The summed E-state index contributed by atoms with van der Waals surface area (Å²) in [5, 5.41) is 21.4. The number of nitrogens with one attached hydrogen (secondary N) is 1. The maximum absolute atomic E-state index is 13.2. The fourth-order valence-corrected chi connectivity index (χ4v) is 4.50. The number of nitrogens with zero attached hydrogens (tertiary/aromatic N) is 4. The SMILES string of the molecule is COc1ccc(Cl)cc1-c1cc(C)ncc1C(=O)Nc1nnc(OCC2=C(C)C(C)C=C(CO)N=C2)s1. The number of aliphatic hydroxyl groups is 1. The second-order valence-corrected chi connectivity index (χ2v) is 9.78. The molecule has 1 aliphatic heterocycles. The molecule has 1 aromatic carbocycles. The van der Waals surface area contributed by atoms with Crippen molar-refractivity contribution in [3.63, 3.8) is 0 Å². The number of methoxy groups -OCH3 is 1. The molecule has 0 saturated carbocycles. The van der Waals surface area contributed by atoms with Crippen LogP contribution >= 0.6 is 22.9 Å². The number of carbonyl (C=O) groups is 1. The lowest BCUT2D eigenvalue weighted by Crippen LogP contribution is -2.14. The van der Waals surface area contributed by atoms with Gasteiger partial charge in [0.1, 0.15) is 12.4 Å². The van der Waals surface area contributed by atoms with Crippen molar-refractivity contribution in [2.45, 2.75) is 20.8 Å². The number of allylic oxidation sites excluding steroid dienone is 2. The van der Waals surface area contributed by atoms with E-state index in [9.17, 15) is 9.90 Å². The van der Waals surface area contributed by atoms with Crippen LogP contribution in [0, 0.1) is 12.8 Å². The molecular formula is C26H26ClN5O4S. The van der Waals surface area contributed by atoms with Gasteiger partial charge in [-0.05, 0) is 55.4 Å². The highest BCUT2D eigenvalue weighted by molar-refractivity contribution is 7.17. The van der Waals surface area contributed by atoms with Crippen molar-refractivity contribution >= 4 is 40.2 Å². The molecule has 37 heavy (non-hydrogen) atoms. The summed E-state index contributed by atoms with van der Waals surface area (Å²) in [5.74, 6) is 0.291. The molecule has 0 bridgehead atoms. The predicted octanol–water partition coefficient (Wildman–Crippen LogP) is 5.11. The van der Waals surface area contributed by atoms with E-state index in [2.05, 4.69) is 25.5 Å². The van der Waals surface area contributed by atoms with Gasteiger partial charge < -0.3 is 14.6 Å². The van der Waals surface area contributed by atoms with Crippen LogP contribution in [0.1, 0.15) is 29.9 Å². The van der Waals surface area contributed by atoms with Crippen LogP contribution in [0.2, 0.25) is 5.02 Å². The van der Waals surface area contributed by atoms with Gasteiger partial charge in [-0.2, -0.15) is 0 Å². The monoisotopic (exact) mass is 539 g/mol. The van der Waals surface area contributed by atoms with Crippen LogP contribution in [0.3, 0.4) is 0 Å². The third-order valence-corrected chi connectivity index (χ3v) is 6.88. The topological polar surface area (TPSA) is 119 Å². The lowest BCUT2D eigenvalue weighted by Gasteiger charge is -2.13. The summed E-state index contributed by atoms with van der Waals surface area (Å²) in [7, 11) is 1.56. The fraction of sp³-hybridized carbons (Fsp3) is 0.269. The van der Waals surface area contributed by atoms with E-state index in [1.54, 1.807) is 37.6 Å². The Morgan fingerprint density at radius 2 is 2.03 bits per heavy atom. The number of rotatable bonds is 8.